The predicted molar refractivity (Wildman–Crippen MR) is 119 cm³/mol. The summed E-state index contributed by atoms with van der Waals surface area (Å²) in [7, 11) is 0. The molecule has 1 aromatic heterocycles. The highest BCUT2D eigenvalue weighted by Gasteiger charge is 2.29. The number of benzene rings is 2. The number of nitrogens with one attached hydrogen (secondary N) is 1. The zero-order chi connectivity index (χ0) is 24.0. The summed E-state index contributed by atoms with van der Waals surface area (Å²) in [5, 5.41) is 12.0. The van der Waals surface area contributed by atoms with Crippen LogP contribution in [0.3, 0.4) is 0 Å². The molecule has 3 aromatic rings. The molecule has 2 atom stereocenters. The average molecular weight is 472 g/mol. The van der Waals surface area contributed by atoms with Crippen molar-refractivity contribution in [2.24, 2.45) is 5.92 Å². The second-order valence-corrected chi connectivity index (χ2v) is 7.81. The molecule has 0 amide bonds. The second-order valence-electron chi connectivity index (χ2n) is 7.37. The zero-order valence-electron chi connectivity index (χ0n) is 17.8. The molecule has 170 valence electrons. The molecule has 6 nitrogen and oxygen atoms in total. The highest BCUT2D eigenvalue weighted by molar-refractivity contribution is 6.30. The third-order valence-electron chi connectivity index (χ3n) is 4.56. The molecule has 0 saturated heterocycles. The number of nitriles is 1. The summed E-state index contributed by atoms with van der Waals surface area (Å²) in [5.41, 5.74) is -0.370. The fourth-order valence-corrected chi connectivity index (χ4v) is 3.11. The van der Waals surface area contributed by atoms with Gasteiger partial charge in [-0.2, -0.15) is 5.26 Å². The van der Waals surface area contributed by atoms with Gasteiger partial charge in [-0.15, -0.1) is 0 Å². The van der Waals surface area contributed by atoms with Crippen molar-refractivity contribution in [3.8, 4) is 17.7 Å². The SMILES string of the molecule is CC(C)C(Nc1c(F)cc(Cl)cc1F)C(=O)OC(C#N)c1cccc(Oc2ccccc2)n1. The van der Waals surface area contributed by atoms with Gasteiger partial charge < -0.3 is 14.8 Å². The van der Waals surface area contributed by atoms with Crippen LogP contribution in [0.25, 0.3) is 0 Å². The number of para-hydroxylation sites is 1. The number of carbonyl (C=O) groups is 1. The second kappa shape index (κ2) is 10.7. The molecule has 0 bridgehead atoms. The molecule has 0 radical (unpaired) electrons. The topological polar surface area (TPSA) is 84.2 Å². The van der Waals surface area contributed by atoms with Crippen molar-refractivity contribution in [1.82, 2.24) is 4.98 Å². The van der Waals surface area contributed by atoms with Gasteiger partial charge in [0.05, 0.1) is 5.69 Å². The average Bonchev–Trinajstić information content (AvgIpc) is 2.77. The Balaban J connectivity index is 1.78. The standard InChI is InChI=1S/C24H20ClF2N3O3/c1-14(2)22(30-23-17(26)11-15(25)12-18(23)27)24(31)33-20(13-28)19-9-6-10-21(29-19)32-16-7-4-3-5-8-16/h3-12,14,20,22,30H,1-2H3. The van der Waals surface area contributed by atoms with E-state index in [0.29, 0.717) is 5.75 Å². The molecule has 0 spiro atoms. The van der Waals surface area contributed by atoms with Crippen molar-refractivity contribution >= 4 is 23.3 Å². The van der Waals surface area contributed by atoms with E-state index in [1.54, 1.807) is 50.2 Å². The number of rotatable bonds is 8. The van der Waals surface area contributed by atoms with Crippen LogP contribution >= 0.6 is 11.6 Å². The molecule has 0 aliphatic rings. The maximum absolute atomic E-state index is 14.2. The third-order valence-corrected chi connectivity index (χ3v) is 4.78. The lowest BCUT2D eigenvalue weighted by molar-refractivity contribution is -0.149. The number of ether oxygens (including phenoxy) is 2. The fourth-order valence-electron chi connectivity index (χ4n) is 2.92. The summed E-state index contributed by atoms with van der Waals surface area (Å²) in [4.78, 5) is 17.1. The van der Waals surface area contributed by atoms with Gasteiger partial charge in [-0.3, -0.25) is 0 Å². The summed E-state index contributed by atoms with van der Waals surface area (Å²) in [6, 6.07) is 16.2. The van der Waals surface area contributed by atoms with Crippen LogP contribution in [0.15, 0.2) is 60.7 Å². The van der Waals surface area contributed by atoms with Crippen LogP contribution in [0.5, 0.6) is 11.6 Å². The highest BCUT2D eigenvalue weighted by Crippen LogP contribution is 2.27. The van der Waals surface area contributed by atoms with Crippen LogP contribution in [0.4, 0.5) is 14.5 Å². The quantitative estimate of drug-likeness (QED) is 0.402. The smallest absolute Gasteiger partial charge is 0.330 e. The molecule has 2 unspecified atom stereocenters. The Kier molecular flexibility index (Phi) is 7.80. The van der Waals surface area contributed by atoms with E-state index in [1.165, 1.54) is 6.07 Å². The molecule has 0 saturated carbocycles. The van der Waals surface area contributed by atoms with Crippen LogP contribution in [-0.2, 0) is 9.53 Å². The van der Waals surface area contributed by atoms with E-state index in [4.69, 9.17) is 21.1 Å². The summed E-state index contributed by atoms with van der Waals surface area (Å²) < 4.78 is 39.4. The van der Waals surface area contributed by atoms with Crippen molar-refractivity contribution in [1.29, 1.82) is 5.26 Å². The van der Waals surface area contributed by atoms with E-state index in [9.17, 15) is 18.8 Å². The maximum Gasteiger partial charge on any atom is 0.330 e. The Labute approximate surface area is 194 Å². The van der Waals surface area contributed by atoms with Crippen molar-refractivity contribution in [3.05, 3.63) is 83.0 Å². The van der Waals surface area contributed by atoms with Crippen LogP contribution < -0.4 is 10.1 Å². The number of nitrogens with zero attached hydrogens (tertiary/aromatic N) is 2. The van der Waals surface area contributed by atoms with Gasteiger partial charge in [0.1, 0.15) is 23.5 Å². The lowest BCUT2D eigenvalue weighted by atomic mass is 10.0. The summed E-state index contributed by atoms with van der Waals surface area (Å²) >= 11 is 5.65. The lowest BCUT2D eigenvalue weighted by Crippen LogP contribution is -2.37. The molecule has 0 fully saturated rings. The molecule has 1 heterocycles. The van der Waals surface area contributed by atoms with Gasteiger partial charge in [0.2, 0.25) is 12.0 Å². The minimum absolute atomic E-state index is 0.118. The number of hydrogen-bond donors (Lipinski definition) is 1. The monoisotopic (exact) mass is 471 g/mol. The molecule has 0 aliphatic carbocycles. The van der Waals surface area contributed by atoms with E-state index < -0.39 is 41.4 Å². The fraction of sp³-hybridized carbons (Fsp3) is 0.208. The third kappa shape index (κ3) is 6.18. The number of carbonyl (C=O) groups excluding carboxylic acids is 1. The summed E-state index contributed by atoms with van der Waals surface area (Å²) in [6.45, 7) is 3.33. The molecule has 3 rings (SSSR count). The van der Waals surface area contributed by atoms with Gasteiger partial charge >= 0.3 is 5.97 Å². The van der Waals surface area contributed by atoms with E-state index in [2.05, 4.69) is 10.3 Å². The zero-order valence-corrected chi connectivity index (χ0v) is 18.5. The van der Waals surface area contributed by atoms with Crippen LogP contribution in [0.1, 0.15) is 25.6 Å². The summed E-state index contributed by atoms with van der Waals surface area (Å²) in [6.07, 6.45) is -1.36. The number of aromatic nitrogens is 1. The van der Waals surface area contributed by atoms with Crippen molar-refractivity contribution < 1.29 is 23.0 Å². The van der Waals surface area contributed by atoms with E-state index in [1.807, 2.05) is 12.1 Å². The first kappa shape index (κ1) is 24.0. The van der Waals surface area contributed by atoms with E-state index >= 15 is 0 Å². The largest absolute Gasteiger partial charge is 0.439 e. The molecular formula is C24H20ClF2N3O3. The number of pyridine rings is 1. The predicted octanol–water partition coefficient (Wildman–Crippen LogP) is 6.05. The van der Waals surface area contributed by atoms with Crippen molar-refractivity contribution in [2.45, 2.75) is 26.0 Å². The van der Waals surface area contributed by atoms with Crippen LogP contribution in [-0.4, -0.2) is 17.0 Å². The first-order chi connectivity index (χ1) is 15.8. The number of anilines is 1. The van der Waals surface area contributed by atoms with Crippen molar-refractivity contribution in [3.63, 3.8) is 0 Å². The first-order valence-electron chi connectivity index (χ1n) is 9.99. The van der Waals surface area contributed by atoms with Gasteiger partial charge in [-0.25, -0.2) is 18.6 Å². The van der Waals surface area contributed by atoms with E-state index in [-0.39, 0.29) is 16.6 Å². The van der Waals surface area contributed by atoms with E-state index in [0.717, 1.165) is 12.1 Å². The number of halogens is 3. The van der Waals surface area contributed by atoms with Crippen molar-refractivity contribution in [2.75, 3.05) is 5.32 Å². The number of esters is 1. The molecule has 9 heteroatoms. The Morgan fingerprint density at radius 2 is 1.76 bits per heavy atom. The normalized spacial score (nSPS) is 12.5. The maximum atomic E-state index is 14.2. The van der Waals surface area contributed by atoms with Gasteiger partial charge in [0.15, 0.2) is 11.6 Å². The minimum Gasteiger partial charge on any atom is -0.439 e. The Morgan fingerprint density at radius 1 is 1.09 bits per heavy atom. The summed E-state index contributed by atoms with van der Waals surface area (Å²) in [5.74, 6) is -2.46. The Hall–Kier alpha value is -3.70. The van der Waals surface area contributed by atoms with Gasteiger partial charge in [0.25, 0.3) is 0 Å². The van der Waals surface area contributed by atoms with Gasteiger partial charge in [0, 0.05) is 11.1 Å². The Morgan fingerprint density at radius 3 is 2.36 bits per heavy atom. The molecule has 2 aromatic carbocycles. The first-order valence-corrected chi connectivity index (χ1v) is 10.4. The van der Waals surface area contributed by atoms with Crippen LogP contribution in [0.2, 0.25) is 5.02 Å². The molecule has 0 aliphatic heterocycles. The lowest BCUT2D eigenvalue weighted by Gasteiger charge is -2.23. The van der Waals surface area contributed by atoms with Gasteiger partial charge in [-0.1, -0.05) is 49.7 Å². The number of hydrogen-bond acceptors (Lipinski definition) is 6. The van der Waals surface area contributed by atoms with Crippen LogP contribution in [0, 0.1) is 28.9 Å². The Bertz CT molecular complexity index is 1150. The molecule has 1 N–H and O–H groups in total. The molecule has 33 heavy (non-hydrogen) atoms. The minimum atomic E-state index is -1.36. The highest BCUT2D eigenvalue weighted by atomic mass is 35.5. The van der Waals surface area contributed by atoms with Gasteiger partial charge in [-0.05, 0) is 36.2 Å². The molecular weight excluding hydrogens is 452 g/mol.